The van der Waals surface area contributed by atoms with Crippen molar-refractivity contribution in [2.45, 2.75) is 20.1 Å². The van der Waals surface area contributed by atoms with Gasteiger partial charge in [-0.3, -0.25) is 14.5 Å². The van der Waals surface area contributed by atoms with Crippen molar-refractivity contribution in [2.75, 3.05) is 0 Å². The summed E-state index contributed by atoms with van der Waals surface area (Å²) in [5.41, 5.74) is 3.88. The van der Waals surface area contributed by atoms with Crippen LogP contribution in [-0.2, 0) is 17.9 Å². The van der Waals surface area contributed by atoms with Crippen LogP contribution in [0.5, 0.6) is 5.75 Å². The molecule has 0 aromatic heterocycles. The van der Waals surface area contributed by atoms with Crippen molar-refractivity contribution in [3.05, 3.63) is 105 Å². The Morgan fingerprint density at radius 1 is 0.968 bits per heavy atom. The van der Waals surface area contributed by atoms with Gasteiger partial charge in [0.25, 0.3) is 11.1 Å². The van der Waals surface area contributed by atoms with Crippen LogP contribution in [0.25, 0.3) is 6.08 Å². The van der Waals surface area contributed by atoms with E-state index in [1.807, 2.05) is 79.7 Å². The number of hydrogen-bond acceptors (Lipinski definition) is 4. The summed E-state index contributed by atoms with van der Waals surface area (Å²) in [5.74, 6) is 0.459. The number of thioether (sulfide) groups is 1. The predicted molar refractivity (Wildman–Crippen MR) is 125 cm³/mol. The second kappa shape index (κ2) is 9.41. The number of carbonyl (C=O) groups excluding carboxylic acids is 2. The monoisotopic (exact) mass is 449 g/mol. The number of imide groups is 1. The van der Waals surface area contributed by atoms with E-state index < -0.39 is 0 Å². The lowest BCUT2D eigenvalue weighted by Gasteiger charge is -2.14. The van der Waals surface area contributed by atoms with Gasteiger partial charge >= 0.3 is 0 Å². The van der Waals surface area contributed by atoms with Crippen LogP contribution in [0.1, 0.15) is 22.3 Å². The van der Waals surface area contributed by atoms with Gasteiger partial charge in [0.2, 0.25) is 0 Å². The number of hydrogen-bond donors (Lipinski definition) is 0. The molecule has 3 aromatic rings. The number of ether oxygens (including phenoxy) is 1. The minimum absolute atomic E-state index is 0.248. The zero-order chi connectivity index (χ0) is 21.8. The normalized spacial score (nSPS) is 15.0. The van der Waals surface area contributed by atoms with Crippen molar-refractivity contribution in [2.24, 2.45) is 0 Å². The van der Waals surface area contributed by atoms with Gasteiger partial charge < -0.3 is 4.74 Å². The summed E-state index contributed by atoms with van der Waals surface area (Å²) in [7, 11) is 0. The topological polar surface area (TPSA) is 46.6 Å². The molecule has 0 N–H and O–H groups in total. The van der Waals surface area contributed by atoms with E-state index in [0.717, 1.165) is 39.8 Å². The minimum Gasteiger partial charge on any atom is -0.489 e. The highest BCUT2D eigenvalue weighted by Crippen LogP contribution is 2.33. The second-order valence-electron chi connectivity index (χ2n) is 7.18. The van der Waals surface area contributed by atoms with Crippen molar-refractivity contribution in [3.63, 3.8) is 0 Å². The van der Waals surface area contributed by atoms with Gasteiger partial charge in [-0.2, -0.15) is 0 Å². The SMILES string of the molecule is Cc1ccccc1CN1C(=O)S/C(=C\c2ccc(OCc3ccc(Cl)cc3)cc2)C1=O. The molecule has 156 valence electrons. The molecule has 1 aliphatic heterocycles. The number of amides is 2. The summed E-state index contributed by atoms with van der Waals surface area (Å²) < 4.78 is 5.79. The molecule has 1 fully saturated rings. The molecule has 0 aliphatic carbocycles. The highest BCUT2D eigenvalue weighted by Gasteiger charge is 2.35. The van der Waals surface area contributed by atoms with Crippen molar-refractivity contribution >= 4 is 40.6 Å². The molecule has 1 aliphatic rings. The third kappa shape index (κ3) is 5.19. The number of nitrogens with zero attached hydrogens (tertiary/aromatic N) is 1. The maximum Gasteiger partial charge on any atom is 0.293 e. The molecule has 0 bridgehead atoms. The molecule has 0 atom stereocenters. The van der Waals surface area contributed by atoms with Crippen LogP contribution in [0.15, 0.2) is 77.7 Å². The van der Waals surface area contributed by atoms with Crippen LogP contribution >= 0.6 is 23.4 Å². The highest BCUT2D eigenvalue weighted by molar-refractivity contribution is 8.18. The van der Waals surface area contributed by atoms with Crippen molar-refractivity contribution in [1.29, 1.82) is 0 Å². The first kappa shape index (κ1) is 21.2. The Hall–Kier alpha value is -3.02. The summed E-state index contributed by atoms with van der Waals surface area (Å²) in [6.07, 6.45) is 1.74. The van der Waals surface area contributed by atoms with Crippen LogP contribution < -0.4 is 4.74 Å². The van der Waals surface area contributed by atoms with E-state index in [0.29, 0.717) is 16.5 Å². The Morgan fingerprint density at radius 3 is 2.39 bits per heavy atom. The van der Waals surface area contributed by atoms with E-state index in [-0.39, 0.29) is 17.7 Å². The van der Waals surface area contributed by atoms with Gasteiger partial charge in [-0.25, -0.2) is 0 Å². The van der Waals surface area contributed by atoms with Gasteiger partial charge in [0, 0.05) is 5.02 Å². The Balaban J connectivity index is 1.41. The van der Waals surface area contributed by atoms with Crippen LogP contribution in [-0.4, -0.2) is 16.0 Å². The Bertz CT molecular complexity index is 1140. The maximum absolute atomic E-state index is 12.8. The van der Waals surface area contributed by atoms with Gasteiger partial charge in [-0.15, -0.1) is 0 Å². The molecule has 4 rings (SSSR count). The van der Waals surface area contributed by atoms with Crippen molar-refractivity contribution in [1.82, 2.24) is 4.90 Å². The van der Waals surface area contributed by atoms with Crippen LogP contribution in [0.3, 0.4) is 0 Å². The zero-order valence-electron chi connectivity index (χ0n) is 16.9. The predicted octanol–water partition coefficient (Wildman–Crippen LogP) is 6.46. The van der Waals surface area contributed by atoms with E-state index in [4.69, 9.17) is 16.3 Å². The summed E-state index contributed by atoms with van der Waals surface area (Å²) in [4.78, 5) is 26.9. The number of benzene rings is 3. The average molecular weight is 450 g/mol. The van der Waals surface area contributed by atoms with Crippen LogP contribution in [0.4, 0.5) is 4.79 Å². The number of aryl methyl sites for hydroxylation is 1. The molecule has 0 spiro atoms. The van der Waals surface area contributed by atoms with Gasteiger partial charge in [0.1, 0.15) is 12.4 Å². The number of carbonyl (C=O) groups is 2. The lowest BCUT2D eigenvalue weighted by atomic mass is 10.1. The molecule has 6 heteroatoms. The molecule has 4 nitrogen and oxygen atoms in total. The molecule has 1 heterocycles. The summed E-state index contributed by atoms with van der Waals surface area (Å²) >= 11 is 6.87. The van der Waals surface area contributed by atoms with E-state index >= 15 is 0 Å². The lowest BCUT2D eigenvalue weighted by Crippen LogP contribution is -2.27. The summed E-state index contributed by atoms with van der Waals surface area (Å²) in [6, 6.07) is 22.7. The molecule has 0 unspecified atom stereocenters. The third-order valence-electron chi connectivity index (χ3n) is 4.96. The Morgan fingerprint density at radius 2 is 1.68 bits per heavy atom. The maximum atomic E-state index is 12.8. The highest BCUT2D eigenvalue weighted by atomic mass is 35.5. The standard InChI is InChI=1S/C25H20ClNO3S/c1-17-4-2-3-5-20(17)15-27-24(28)23(31-25(27)29)14-18-8-12-22(13-9-18)30-16-19-6-10-21(26)11-7-19/h2-14H,15-16H2,1H3/b23-14-. The van der Waals surface area contributed by atoms with Crippen molar-refractivity contribution < 1.29 is 14.3 Å². The average Bonchev–Trinajstić information content (AvgIpc) is 3.03. The number of halogens is 1. The molecule has 2 amide bonds. The van der Waals surface area contributed by atoms with Crippen LogP contribution in [0, 0.1) is 6.92 Å². The second-order valence-corrected chi connectivity index (χ2v) is 8.61. The molecule has 0 radical (unpaired) electrons. The zero-order valence-corrected chi connectivity index (χ0v) is 18.5. The van der Waals surface area contributed by atoms with E-state index in [2.05, 4.69) is 0 Å². The largest absolute Gasteiger partial charge is 0.489 e. The van der Waals surface area contributed by atoms with Gasteiger partial charge in [-0.1, -0.05) is 60.1 Å². The first-order valence-corrected chi connectivity index (χ1v) is 11.0. The minimum atomic E-state index is -0.263. The fraction of sp³-hybridized carbons (Fsp3) is 0.120. The lowest BCUT2D eigenvalue weighted by molar-refractivity contribution is -0.123. The quantitative estimate of drug-likeness (QED) is 0.405. The van der Waals surface area contributed by atoms with E-state index in [1.54, 1.807) is 6.08 Å². The summed E-state index contributed by atoms with van der Waals surface area (Å²) in [5, 5.41) is 0.443. The Labute approximate surface area is 190 Å². The van der Waals surface area contributed by atoms with Gasteiger partial charge in [-0.05, 0) is 71.3 Å². The van der Waals surface area contributed by atoms with Crippen molar-refractivity contribution in [3.8, 4) is 5.75 Å². The fourth-order valence-electron chi connectivity index (χ4n) is 3.15. The Kier molecular flexibility index (Phi) is 6.44. The van der Waals surface area contributed by atoms with E-state index in [1.165, 1.54) is 4.90 Å². The molecular formula is C25H20ClNO3S. The molecular weight excluding hydrogens is 430 g/mol. The summed E-state index contributed by atoms with van der Waals surface area (Å²) in [6.45, 7) is 2.70. The molecule has 31 heavy (non-hydrogen) atoms. The van der Waals surface area contributed by atoms with Gasteiger partial charge in [0.15, 0.2) is 0 Å². The third-order valence-corrected chi connectivity index (χ3v) is 6.12. The first-order chi connectivity index (χ1) is 15.0. The molecule has 1 saturated heterocycles. The first-order valence-electron chi connectivity index (χ1n) is 9.77. The number of rotatable bonds is 6. The molecule has 0 saturated carbocycles. The fourth-order valence-corrected chi connectivity index (χ4v) is 4.12. The smallest absolute Gasteiger partial charge is 0.293 e. The molecule has 3 aromatic carbocycles. The van der Waals surface area contributed by atoms with E-state index in [9.17, 15) is 9.59 Å². The van der Waals surface area contributed by atoms with Crippen LogP contribution in [0.2, 0.25) is 5.02 Å². The van der Waals surface area contributed by atoms with Gasteiger partial charge in [0.05, 0.1) is 11.4 Å².